The van der Waals surface area contributed by atoms with E-state index in [-0.39, 0.29) is 11.9 Å². The van der Waals surface area contributed by atoms with Crippen LogP contribution >= 0.6 is 0 Å². The van der Waals surface area contributed by atoms with Crippen LogP contribution in [-0.2, 0) is 16.0 Å². The van der Waals surface area contributed by atoms with Crippen molar-refractivity contribution < 1.29 is 14.3 Å². The minimum Gasteiger partial charge on any atom is -0.469 e. The van der Waals surface area contributed by atoms with Crippen LogP contribution in [0.4, 0.5) is 0 Å². The molecule has 0 bridgehead atoms. The fourth-order valence-corrected chi connectivity index (χ4v) is 2.79. The van der Waals surface area contributed by atoms with Crippen molar-refractivity contribution in [2.45, 2.75) is 39.5 Å². The van der Waals surface area contributed by atoms with Gasteiger partial charge in [-0.1, -0.05) is 13.8 Å². The molecule has 6 heteroatoms. The molecule has 0 spiro atoms. The van der Waals surface area contributed by atoms with E-state index in [2.05, 4.69) is 23.8 Å². The number of piperidine rings is 1. The van der Waals surface area contributed by atoms with Crippen LogP contribution in [-0.4, -0.2) is 46.9 Å². The van der Waals surface area contributed by atoms with Gasteiger partial charge in [-0.25, -0.2) is 4.98 Å². The Morgan fingerprint density at radius 3 is 2.68 bits per heavy atom. The lowest BCUT2D eigenvalue weighted by atomic mass is 9.93. The summed E-state index contributed by atoms with van der Waals surface area (Å²) in [5.41, 5.74) is 0.557. The highest BCUT2D eigenvalue weighted by molar-refractivity contribution is 5.92. The first-order chi connectivity index (χ1) is 10.5. The molecule has 0 radical (unpaired) electrons. The summed E-state index contributed by atoms with van der Waals surface area (Å²) in [5, 5.41) is 0. The van der Waals surface area contributed by atoms with Gasteiger partial charge in [-0.3, -0.25) is 9.59 Å². The number of aromatic amines is 1. The van der Waals surface area contributed by atoms with E-state index in [0.717, 1.165) is 25.1 Å². The molecule has 6 nitrogen and oxygen atoms in total. The van der Waals surface area contributed by atoms with Gasteiger partial charge in [0.05, 0.1) is 13.3 Å². The third-order valence-electron chi connectivity index (χ3n) is 4.05. The maximum Gasteiger partial charge on any atom is 0.305 e. The normalized spacial score (nSPS) is 16.1. The van der Waals surface area contributed by atoms with E-state index in [0.29, 0.717) is 37.0 Å². The number of rotatable bonds is 5. The molecule has 1 aromatic rings. The Kier molecular flexibility index (Phi) is 5.57. The Balaban J connectivity index is 1.87. The zero-order valence-electron chi connectivity index (χ0n) is 13.6. The molecule has 1 aliphatic heterocycles. The number of hydrogen-bond donors (Lipinski definition) is 1. The van der Waals surface area contributed by atoms with Crippen LogP contribution in [0.25, 0.3) is 0 Å². The van der Waals surface area contributed by atoms with E-state index < -0.39 is 0 Å². The minimum atomic E-state index is -0.170. The van der Waals surface area contributed by atoms with Gasteiger partial charge in [-0.05, 0) is 24.7 Å². The summed E-state index contributed by atoms with van der Waals surface area (Å²) in [6, 6.07) is 0. The molecule has 1 N–H and O–H groups in total. The second-order valence-corrected chi connectivity index (χ2v) is 6.36. The average molecular weight is 307 g/mol. The SMILES string of the molecule is COC(=O)CC1CCN(C(=O)c2cnc(CC(C)C)[nH]2)CC1. The van der Waals surface area contributed by atoms with Crippen LogP contribution in [0.2, 0.25) is 0 Å². The van der Waals surface area contributed by atoms with Crippen LogP contribution in [0, 0.1) is 11.8 Å². The van der Waals surface area contributed by atoms with Crippen LogP contribution in [0.1, 0.15) is 49.4 Å². The largest absolute Gasteiger partial charge is 0.469 e. The van der Waals surface area contributed by atoms with Crippen LogP contribution < -0.4 is 0 Å². The maximum absolute atomic E-state index is 12.4. The fourth-order valence-electron chi connectivity index (χ4n) is 2.79. The molecule has 0 atom stereocenters. The molecular formula is C16H25N3O3. The number of carbonyl (C=O) groups excluding carboxylic acids is 2. The van der Waals surface area contributed by atoms with E-state index in [4.69, 9.17) is 4.74 Å². The van der Waals surface area contributed by atoms with E-state index in [9.17, 15) is 9.59 Å². The van der Waals surface area contributed by atoms with Crippen molar-refractivity contribution in [3.63, 3.8) is 0 Å². The summed E-state index contributed by atoms with van der Waals surface area (Å²) in [6.07, 6.45) is 4.60. The van der Waals surface area contributed by atoms with E-state index in [1.165, 1.54) is 7.11 Å². The highest BCUT2D eigenvalue weighted by atomic mass is 16.5. The standard InChI is InChI=1S/C16H25N3O3/c1-11(2)8-14-17-10-13(18-14)16(21)19-6-4-12(5-7-19)9-15(20)22-3/h10-12H,4-9H2,1-3H3,(H,17,18). The van der Waals surface area contributed by atoms with Gasteiger partial charge in [-0.2, -0.15) is 0 Å². The van der Waals surface area contributed by atoms with Gasteiger partial charge in [-0.15, -0.1) is 0 Å². The second kappa shape index (κ2) is 7.42. The number of ether oxygens (including phenoxy) is 1. The fraction of sp³-hybridized carbons (Fsp3) is 0.688. The Morgan fingerprint density at radius 2 is 2.09 bits per heavy atom. The van der Waals surface area contributed by atoms with Crippen molar-refractivity contribution in [1.82, 2.24) is 14.9 Å². The van der Waals surface area contributed by atoms with E-state index in [1.807, 2.05) is 4.90 Å². The summed E-state index contributed by atoms with van der Waals surface area (Å²) >= 11 is 0. The molecule has 22 heavy (non-hydrogen) atoms. The number of imidazole rings is 1. The average Bonchev–Trinajstić information content (AvgIpc) is 2.94. The predicted molar refractivity (Wildman–Crippen MR) is 82.4 cm³/mol. The third-order valence-corrected chi connectivity index (χ3v) is 4.05. The number of nitrogens with zero attached hydrogens (tertiary/aromatic N) is 2. The molecule has 1 amide bonds. The smallest absolute Gasteiger partial charge is 0.305 e. The summed E-state index contributed by atoms with van der Waals surface area (Å²) < 4.78 is 4.70. The highest BCUT2D eigenvalue weighted by Gasteiger charge is 2.26. The Hall–Kier alpha value is -1.85. The lowest BCUT2D eigenvalue weighted by molar-refractivity contribution is -0.142. The monoisotopic (exact) mass is 307 g/mol. The molecule has 0 aromatic carbocycles. The quantitative estimate of drug-likeness (QED) is 0.845. The summed E-state index contributed by atoms with van der Waals surface area (Å²) in [5.74, 6) is 1.51. The van der Waals surface area contributed by atoms with Crippen molar-refractivity contribution in [2.24, 2.45) is 11.8 Å². The first-order valence-electron chi connectivity index (χ1n) is 7.89. The van der Waals surface area contributed by atoms with Gasteiger partial charge in [0.25, 0.3) is 5.91 Å². The summed E-state index contributed by atoms with van der Waals surface area (Å²) in [4.78, 5) is 33.0. The first kappa shape index (κ1) is 16.5. The number of carbonyl (C=O) groups is 2. The molecule has 1 fully saturated rings. The minimum absolute atomic E-state index is 0.000904. The van der Waals surface area contributed by atoms with Crippen molar-refractivity contribution in [3.05, 3.63) is 17.7 Å². The number of methoxy groups -OCH3 is 1. The van der Waals surface area contributed by atoms with Crippen molar-refractivity contribution >= 4 is 11.9 Å². The summed E-state index contributed by atoms with van der Waals surface area (Å²) in [7, 11) is 1.41. The number of amides is 1. The van der Waals surface area contributed by atoms with Crippen molar-refractivity contribution in [2.75, 3.05) is 20.2 Å². The zero-order chi connectivity index (χ0) is 16.1. The molecule has 122 valence electrons. The lowest BCUT2D eigenvalue weighted by Gasteiger charge is -2.31. The number of nitrogens with one attached hydrogen (secondary N) is 1. The first-order valence-corrected chi connectivity index (χ1v) is 7.89. The molecular weight excluding hydrogens is 282 g/mol. The number of esters is 1. The molecule has 0 saturated carbocycles. The van der Waals surface area contributed by atoms with E-state index >= 15 is 0 Å². The lowest BCUT2D eigenvalue weighted by Crippen LogP contribution is -2.39. The Labute approximate surface area is 131 Å². The van der Waals surface area contributed by atoms with Crippen LogP contribution in [0.3, 0.4) is 0 Å². The molecule has 1 saturated heterocycles. The zero-order valence-corrected chi connectivity index (χ0v) is 13.6. The predicted octanol–water partition coefficient (Wildman–Crippen LogP) is 2.02. The van der Waals surface area contributed by atoms with Gasteiger partial charge in [0.2, 0.25) is 0 Å². The van der Waals surface area contributed by atoms with Gasteiger partial charge in [0, 0.05) is 25.9 Å². The molecule has 1 aliphatic rings. The molecule has 0 aliphatic carbocycles. The third kappa shape index (κ3) is 4.32. The van der Waals surface area contributed by atoms with Gasteiger partial charge >= 0.3 is 5.97 Å². The maximum atomic E-state index is 12.4. The highest BCUT2D eigenvalue weighted by Crippen LogP contribution is 2.22. The topological polar surface area (TPSA) is 75.3 Å². The number of aromatic nitrogens is 2. The second-order valence-electron chi connectivity index (χ2n) is 6.36. The van der Waals surface area contributed by atoms with Gasteiger partial charge in [0.15, 0.2) is 0 Å². The molecule has 2 heterocycles. The molecule has 2 rings (SSSR count). The van der Waals surface area contributed by atoms with E-state index in [1.54, 1.807) is 6.20 Å². The van der Waals surface area contributed by atoms with Crippen LogP contribution in [0.5, 0.6) is 0 Å². The summed E-state index contributed by atoms with van der Waals surface area (Å²) in [6.45, 7) is 5.60. The number of likely N-dealkylation sites (tertiary alicyclic amines) is 1. The number of H-pyrrole nitrogens is 1. The van der Waals surface area contributed by atoms with Gasteiger partial charge in [0.1, 0.15) is 11.5 Å². The van der Waals surface area contributed by atoms with Gasteiger partial charge < -0.3 is 14.6 Å². The van der Waals surface area contributed by atoms with Crippen LogP contribution in [0.15, 0.2) is 6.20 Å². The Morgan fingerprint density at radius 1 is 1.41 bits per heavy atom. The molecule has 1 aromatic heterocycles. The number of hydrogen-bond acceptors (Lipinski definition) is 4. The Bertz CT molecular complexity index is 516. The van der Waals surface area contributed by atoms with Crippen molar-refractivity contribution in [1.29, 1.82) is 0 Å². The molecule has 0 unspecified atom stereocenters. The van der Waals surface area contributed by atoms with Crippen molar-refractivity contribution in [3.8, 4) is 0 Å².